The Balaban J connectivity index is 1.17. The minimum atomic E-state index is -0.0999. The molecule has 4 nitrogen and oxygen atoms in total. The van der Waals surface area contributed by atoms with Gasteiger partial charge in [-0.15, -0.1) is 0 Å². The molecule has 9 aromatic rings. The molecule has 0 radical (unpaired) electrons. The third-order valence-electron chi connectivity index (χ3n) is 14.3. The lowest BCUT2D eigenvalue weighted by Gasteiger charge is -2.41. The molecule has 350 valence electrons. The highest BCUT2D eigenvalue weighted by Gasteiger charge is 2.43. The first-order chi connectivity index (χ1) is 34.1. The van der Waals surface area contributed by atoms with Crippen LogP contribution in [0.15, 0.2) is 212 Å². The average molecular weight is 924 g/mol. The minimum absolute atomic E-state index is 0.0572. The second-order valence-corrected chi connectivity index (χ2v) is 22.3. The van der Waals surface area contributed by atoms with Gasteiger partial charge in [-0.1, -0.05) is 178 Å². The molecule has 0 saturated heterocycles. The smallest absolute Gasteiger partial charge is 0.256 e. The van der Waals surface area contributed by atoms with E-state index in [0.29, 0.717) is 0 Å². The molecule has 0 aliphatic carbocycles. The van der Waals surface area contributed by atoms with Crippen molar-refractivity contribution in [3.8, 4) is 22.6 Å². The summed E-state index contributed by atoms with van der Waals surface area (Å²) in [4.78, 5) is 7.23. The Kier molecular flexibility index (Phi) is 11.3. The fourth-order valence-electron chi connectivity index (χ4n) is 10.5. The van der Waals surface area contributed by atoms with Crippen LogP contribution in [0.2, 0.25) is 0 Å². The summed E-state index contributed by atoms with van der Waals surface area (Å²) >= 11 is 0. The van der Waals surface area contributed by atoms with Gasteiger partial charge in [0.1, 0.15) is 11.5 Å². The quantitative estimate of drug-likeness (QED) is 0.141. The van der Waals surface area contributed by atoms with Gasteiger partial charge < -0.3 is 19.4 Å². The van der Waals surface area contributed by atoms with E-state index in [1.54, 1.807) is 0 Å². The largest absolute Gasteiger partial charge is 0.458 e. The van der Waals surface area contributed by atoms with Gasteiger partial charge in [0.2, 0.25) is 0 Å². The normalized spacial score (nSPS) is 12.9. The molecule has 0 atom stereocenters. The molecule has 0 fully saturated rings. The summed E-state index contributed by atoms with van der Waals surface area (Å²) < 4.78 is 7.19. The second-order valence-electron chi connectivity index (χ2n) is 22.3. The fourth-order valence-corrected chi connectivity index (χ4v) is 10.5. The number of benzene rings is 9. The van der Waals surface area contributed by atoms with Crippen molar-refractivity contribution < 1.29 is 4.74 Å². The van der Waals surface area contributed by atoms with Gasteiger partial charge >= 0.3 is 0 Å². The highest BCUT2D eigenvalue weighted by Crippen LogP contribution is 2.49. The number of hydrogen-bond acceptors (Lipinski definition) is 4. The Morgan fingerprint density at radius 2 is 0.831 bits per heavy atom. The molecule has 0 N–H and O–H groups in total. The summed E-state index contributed by atoms with van der Waals surface area (Å²) in [6.07, 6.45) is 0. The minimum Gasteiger partial charge on any atom is -0.458 e. The van der Waals surface area contributed by atoms with Gasteiger partial charge in [-0.2, -0.15) is 0 Å². The molecule has 5 heteroatoms. The molecule has 0 aromatic heterocycles. The highest BCUT2D eigenvalue weighted by atomic mass is 16.5. The van der Waals surface area contributed by atoms with E-state index in [1.165, 1.54) is 38.7 Å². The summed E-state index contributed by atoms with van der Waals surface area (Å²) in [5.74, 6) is 1.73. The lowest BCUT2D eigenvalue weighted by atomic mass is 9.34. The van der Waals surface area contributed by atoms with Crippen LogP contribution in [0.5, 0.6) is 11.5 Å². The third kappa shape index (κ3) is 8.48. The van der Waals surface area contributed by atoms with Crippen LogP contribution in [0.3, 0.4) is 0 Å². The molecule has 0 bridgehead atoms. The van der Waals surface area contributed by atoms with Crippen molar-refractivity contribution in [3.63, 3.8) is 0 Å². The van der Waals surface area contributed by atoms with E-state index in [4.69, 9.17) is 4.74 Å². The lowest BCUT2D eigenvalue weighted by Crippen LogP contribution is -2.59. The molecule has 2 aliphatic rings. The van der Waals surface area contributed by atoms with E-state index in [0.717, 1.165) is 68.1 Å². The maximum Gasteiger partial charge on any atom is 0.256 e. The number of para-hydroxylation sites is 4. The van der Waals surface area contributed by atoms with Gasteiger partial charge in [0.05, 0.1) is 5.69 Å². The Morgan fingerprint density at radius 1 is 0.352 bits per heavy atom. The second kappa shape index (κ2) is 17.6. The number of ether oxygens (including phenoxy) is 1. The van der Waals surface area contributed by atoms with Crippen LogP contribution in [-0.2, 0) is 16.2 Å². The summed E-state index contributed by atoms with van der Waals surface area (Å²) in [7, 11) is 0. The highest BCUT2D eigenvalue weighted by molar-refractivity contribution is 6.99. The van der Waals surface area contributed by atoms with E-state index >= 15 is 0 Å². The molecular weight excluding hydrogens is 862 g/mol. The van der Waals surface area contributed by atoms with Gasteiger partial charge in [-0.3, -0.25) is 0 Å². The van der Waals surface area contributed by atoms with E-state index in [9.17, 15) is 0 Å². The van der Waals surface area contributed by atoms with Crippen LogP contribution in [0.1, 0.15) is 79.0 Å². The number of nitrogens with zero attached hydrogens (tertiary/aromatic N) is 3. The molecule has 11 rings (SSSR count). The fraction of sp³-hybridized carbons (Fsp3) is 0.182. The van der Waals surface area contributed by atoms with Gasteiger partial charge in [-0.05, 0) is 146 Å². The van der Waals surface area contributed by atoms with Crippen molar-refractivity contribution in [2.75, 3.05) is 14.7 Å². The first kappa shape index (κ1) is 45.7. The van der Waals surface area contributed by atoms with Crippen molar-refractivity contribution in [3.05, 3.63) is 229 Å². The van der Waals surface area contributed by atoms with Crippen molar-refractivity contribution >= 4 is 74.3 Å². The first-order valence-electron chi connectivity index (χ1n) is 25.1. The van der Waals surface area contributed by atoms with Crippen LogP contribution >= 0.6 is 0 Å². The van der Waals surface area contributed by atoms with Crippen LogP contribution in [-0.4, -0.2) is 6.71 Å². The Hall–Kier alpha value is -7.76. The van der Waals surface area contributed by atoms with E-state index in [-0.39, 0.29) is 23.0 Å². The van der Waals surface area contributed by atoms with Crippen molar-refractivity contribution in [2.45, 2.75) is 78.6 Å². The Labute approximate surface area is 421 Å². The van der Waals surface area contributed by atoms with Crippen LogP contribution in [0, 0.1) is 0 Å². The van der Waals surface area contributed by atoms with Crippen LogP contribution < -0.4 is 35.8 Å². The van der Waals surface area contributed by atoms with Gasteiger partial charge in [-0.25, -0.2) is 0 Å². The average Bonchev–Trinajstić information content (AvgIpc) is 3.36. The van der Waals surface area contributed by atoms with Crippen molar-refractivity contribution in [2.24, 2.45) is 0 Å². The number of anilines is 9. The molecule has 0 spiro atoms. The molecule has 71 heavy (non-hydrogen) atoms. The summed E-state index contributed by atoms with van der Waals surface area (Å²) in [5, 5.41) is 0. The molecular formula is C66H62BN3O. The standard InChI is InChI=1S/C66H62BN3O/c1-64(2,3)46-33-38-58(55(42-46)45-39-47(65(4,5)6)41-48(40-45)66(7,8)9)70-59-31-22-32-61-63(59)67(56-36-34-53(43-60(56)70)68(49-23-14-10-15-24-49)50-25-16-11-17-26-50)57-37-35-54(44-62(57)71-61)69(51-27-18-12-19-28-51)52-29-20-13-21-30-52/h10-44H,1-9H3. The third-order valence-corrected chi connectivity index (χ3v) is 14.3. The Bertz CT molecular complexity index is 3290. The summed E-state index contributed by atoms with van der Waals surface area (Å²) in [6.45, 7) is 20.8. The monoisotopic (exact) mass is 923 g/mol. The van der Waals surface area contributed by atoms with E-state index in [1.807, 2.05) is 0 Å². The molecule has 2 heterocycles. The number of hydrogen-bond donors (Lipinski definition) is 0. The molecule has 2 aliphatic heterocycles. The number of fused-ring (bicyclic) bond motifs is 4. The molecule has 9 aromatic carbocycles. The molecule has 0 unspecified atom stereocenters. The van der Waals surface area contributed by atoms with Crippen LogP contribution in [0.25, 0.3) is 11.1 Å². The van der Waals surface area contributed by atoms with Gasteiger partial charge in [0.25, 0.3) is 6.71 Å². The lowest BCUT2D eigenvalue weighted by molar-refractivity contribution is 0.487. The van der Waals surface area contributed by atoms with Crippen molar-refractivity contribution in [1.82, 2.24) is 0 Å². The van der Waals surface area contributed by atoms with E-state index < -0.39 is 0 Å². The number of rotatable bonds is 8. The molecule has 0 amide bonds. The van der Waals surface area contributed by atoms with E-state index in [2.05, 4.69) is 289 Å². The van der Waals surface area contributed by atoms with Crippen molar-refractivity contribution in [1.29, 1.82) is 0 Å². The SMILES string of the molecule is CC(C)(C)c1cc(-c2cc(C(C)(C)C)ccc2N2c3cc(N(c4ccccc4)c4ccccc4)ccc3B3c4ccc(N(c5ccccc5)c5ccccc5)cc4Oc4cccc2c43)cc(C(C)(C)C)c1. The topological polar surface area (TPSA) is 19.0 Å². The zero-order valence-corrected chi connectivity index (χ0v) is 42.5. The Morgan fingerprint density at radius 3 is 1.32 bits per heavy atom. The zero-order chi connectivity index (χ0) is 49.2. The first-order valence-corrected chi connectivity index (χ1v) is 25.1. The maximum absolute atomic E-state index is 7.19. The van der Waals surface area contributed by atoms with Crippen LogP contribution in [0.4, 0.5) is 51.2 Å². The maximum atomic E-state index is 7.19. The predicted molar refractivity (Wildman–Crippen MR) is 303 cm³/mol. The summed E-state index contributed by atoms with van der Waals surface area (Å²) in [6, 6.07) is 77.7. The van der Waals surface area contributed by atoms with Gasteiger partial charge in [0, 0.05) is 57.1 Å². The van der Waals surface area contributed by atoms with Gasteiger partial charge in [0.15, 0.2) is 0 Å². The molecule has 0 saturated carbocycles. The predicted octanol–water partition coefficient (Wildman–Crippen LogP) is 16.6. The zero-order valence-electron chi connectivity index (χ0n) is 42.5. The summed E-state index contributed by atoms with van der Waals surface area (Å²) in [5.41, 5.74) is 19.6.